The van der Waals surface area contributed by atoms with E-state index >= 15 is 0 Å². The molecule has 0 bridgehead atoms. The Morgan fingerprint density at radius 2 is 1.65 bits per heavy atom. The van der Waals surface area contributed by atoms with Crippen LogP contribution in [0, 0.1) is 17.7 Å². The van der Waals surface area contributed by atoms with Gasteiger partial charge in [-0.15, -0.1) is 0 Å². The summed E-state index contributed by atoms with van der Waals surface area (Å²) in [7, 11) is -3.62. The standard InChI is InChI=1S/C19H27FN2O3S/c20-17-6-8-18(9-7-17)26(24,25)22-12-10-16(11-13-22)19(23)21-14-15-4-2-1-3-5-15/h6-9,15-16H,1-5,10-14H2,(H,21,23). The Bertz CT molecular complexity index is 707. The second kappa shape index (κ2) is 8.48. The molecule has 144 valence electrons. The van der Waals surface area contributed by atoms with Crippen molar-refractivity contribution in [3.05, 3.63) is 30.1 Å². The van der Waals surface area contributed by atoms with Gasteiger partial charge >= 0.3 is 0 Å². The Morgan fingerprint density at radius 1 is 1.04 bits per heavy atom. The molecule has 2 fully saturated rings. The Morgan fingerprint density at radius 3 is 2.27 bits per heavy atom. The molecule has 2 aliphatic rings. The lowest BCUT2D eigenvalue weighted by Crippen LogP contribution is -2.43. The largest absolute Gasteiger partial charge is 0.356 e. The highest BCUT2D eigenvalue weighted by Gasteiger charge is 2.32. The van der Waals surface area contributed by atoms with E-state index in [1.807, 2.05) is 0 Å². The van der Waals surface area contributed by atoms with Crippen LogP contribution in [0.15, 0.2) is 29.2 Å². The normalized spacial score (nSPS) is 20.8. The average Bonchev–Trinajstić information content (AvgIpc) is 2.67. The molecule has 3 rings (SSSR count). The molecule has 5 nitrogen and oxygen atoms in total. The van der Waals surface area contributed by atoms with Crippen LogP contribution in [-0.4, -0.2) is 38.3 Å². The van der Waals surface area contributed by atoms with E-state index < -0.39 is 15.8 Å². The van der Waals surface area contributed by atoms with Gasteiger partial charge in [-0.05, 0) is 55.9 Å². The lowest BCUT2D eigenvalue weighted by molar-refractivity contribution is -0.126. The molecule has 0 unspecified atom stereocenters. The summed E-state index contributed by atoms with van der Waals surface area (Å²) < 4.78 is 39.6. The fraction of sp³-hybridized carbons (Fsp3) is 0.632. The summed E-state index contributed by atoms with van der Waals surface area (Å²) in [4.78, 5) is 12.5. The van der Waals surface area contributed by atoms with Gasteiger partial charge in [0.2, 0.25) is 15.9 Å². The second-order valence-electron chi connectivity index (χ2n) is 7.38. The second-order valence-corrected chi connectivity index (χ2v) is 9.32. The molecule has 1 saturated heterocycles. The molecular formula is C19H27FN2O3S. The highest BCUT2D eigenvalue weighted by molar-refractivity contribution is 7.89. The molecule has 0 atom stereocenters. The topological polar surface area (TPSA) is 66.5 Å². The molecule has 0 spiro atoms. The first kappa shape index (κ1) is 19.3. The van der Waals surface area contributed by atoms with Crippen molar-refractivity contribution < 1.29 is 17.6 Å². The summed E-state index contributed by atoms with van der Waals surface area (Å²) in [5, 5.41) is 3.07. The van der Waals surface area contributed by atoms with Gasteiger partial charge in [0.05, 0.1) is 4.90 Å². The minimum absolute atomic E-state index is 0.0504. The lowest BCUT2D eigenvalue weighted by Gasteiger charge is -2.31. The number of hydrogen-bond acceptors (Lipinski definition) is 3. The lowest BCUT2D eigenvalue weighted by atomic mass is 9.89. The van der Waals surface area contributed by atoms with Gasteiger partial charge in [0, 0.05) is 25.6 Å². The van der Waals surface area contributed by atoms with Crippen LogP contribution >= 0.6 is 0 Å². The number of sulfonamides is 1. The number of rotatable bonds is 5. The summed E-state index contributed by atoms with van der Waals surface area (Å²) in [6.07, 6.45) is 7.23. The molecule has 0 radical (unpaired) electrons. The van der Waals surface area contributed by atoms with Crippen LogP contribution in [0.5, 0.6) is 0 Å². The zero-order valence-corrected chi connectivity index (χ0v) is 15.8. The van der Waals surface area contributed by atoms with Crippen molar-refractivity contribution in [2.45, 2.75) is 49.8 Å². The Hall–Kier alpha value is -1.47. The van der Waals surface area contributed by atoms with Crippen molar-refractivity contribution in [2.24, 2.45) is 11.8 Å². The molecular weight excluding hydrogens is 355 g/mol. The summed E-state index contributed by atoms with van der Waals surface area (Å²) in [5.41, 5.74) is 0. The van der Waals surface area contributed by atoms with E-state index in [1.165, 1.54) is 48.5 Å². The molecule has 1 N–H and O–H groups in total. The molecule has 1 aromatic rings. The van der Waals surface area contributed by atoms with E-state index in [-0.39, 0.29) is 16.7 Å². The Labute approximate surface area is 155 Å². The number of halogens is 1. The predicted molar refractivity (Wildman–Crippen MR) is 97.5 cm³/mol. The highest BCUT2D eigenvalue weighted by atomic mass is 32.2. The molecule has 1 aliphatic carbocycles. The smallest absolute Gasteiger partial charge is 0.243 e. The van der Waals surface area contributed by atoms with Gasteiger partial charge in [-0.1, -0.05) is 19.3 Å². The quantitative estimate of drug-likeness (QED) is 0.851. The number of piperidine rings is 1. The van der Waals surface area contributed by atoms with Crippen LogP contribution in [0.3, 0.4) is 0 Å². The van der Waals surface area contributed by atoms with Gasteiger partial charge < -0.3 is 5.32 Å². The maximum absolute atomic E-state index is 13.0. The fourth-order valence-electron chi connectivity index (χ4n) is 3.89. The zero-order valence-electron chi connectivity index (χ0n) is 15.0. The maximum atomic E-state index is 13.0. The van der Waals surface area contributed by atoms with E-state index in [0.717, 1.165) is 18.7 Å². The van der Waals surface area contributed by atoms with Crippen molar-refractivity contribution in [1.29, 1.82) is 0 Å². The van der Waals surface area contributed by atoms with Crippen molar-refractivity contribution >= 4 is 15.9 Å². The van der Waals surface area contributed by atoms with Crippen LogP contribution in [0.2, 0.25) is 0 Å². The number of hydrogen-bond donors (Lipinski definition) is 1. The van der Waals surface area contributed by atoms with Crippen LogP contribution in [-0.2, 0) is 14.8 Å². The van der Waals surface area contributed by atoms with Crippen LogP contribution < -0.4 is 5.32 Å². The van der Waals surface area contributed by atoms with Crippen molar-refractivity contribution in [3.63, 3.8) is 0 Å². The van der Waals surface area contributed by atoms with Gasteiger partial charge in [-0.25, -0.2) is 12.8 Å². The molecule has 1 heterocycles. The van der Waals surface area contributed by atoms with Crippen molar-refractivity contribution in [2.75, 3.05) is 19.6 Å². The number of nitrogens with one attached hydrogen (secondary N) is 1. The molecule has 1 saturated carbocycles. The Balaban J connectivity index is 1.50. The third-order valence-electron chi connectivity index (χ3n) is 5.57. The number of carbonyl (C=O) groups is 1. The molecule has 26 heavy (non-hydrogen) atoms. The van der Waals surface area contributed by atoms with Gasteiger partial charge in [-0.3, -0.25) is 4.79 Å². The Kier molecular flexibility index (Phi) is 6.29. The van der Waals surface area contributed by atoms with E-state index in [4.69, 9.17) is 0 Å². The summed E-state index contributed by atoms with van der Waals surface area (Å²) in [5.74, 6) is 0.0524. The minimum atomic E-state index is -3.62. The van der Waals surface area contributed by atoms with E-state index in [9.17, 15) is 17.6 Å². The van der Waals surface area contributed by atoms with Gasteiger partial charge in [0.1, 0.15) is 5.82 Å². The van der Waals surface area contributed by atoms with Gasteiger partial charge in [-0.2, -0.15) is 4.31 Å². The van der Waals surface area contributed by atoms with E-state index in [2.05, 4.69) is 5.32 Å². The van der Waals surface area contributed by atoms with Crippen molar-refractivity contribution in [1.82, 2.24) is 9.62 Å². The SMILES string of the molecule is O=C(NCC1CCCCC1)C1CCN(S(=O)(=O)c2ccc(F)cc2)CC1. The average molecular weight is 383 g/mol. The minimum Gasteiger partial charge on any atom is -0.356 e. The predicted octanol–water partition coefficient (Wildman–Crippen LogP) is 2.92. The molecule has 0 aromatic heterocycles. The number of benzene rings is 1. The number of amides is 1. The number of carbonyl (C=O) groups excluding carboxylic acids is 1. The zero-order chi connectivity index (χ0) is 18.6. The van der Waals surface area contributed by atoms with Crippen molar-refractivity contribution in [3.8, 4) is 0 Å². The first-order chi connectivity index (χ1) is 12.5. The summed E-state index contributed by atoms with van der Waals surface area (Å²) in [6.45, 7) is 1.38. The molecule has 7 heteroatoms. The van der Waals surface area contributed by atoms with Gasteiger partial charge in [0.15, 0.2) is 0 Å². The van der Waals surface area contributed by atoms with Crippen LogP contribution in [0.4, 0.5) is 4.39 Å². The molecule has 1 amide bonds. The number of nitrogens with zero attached hydrogens (tertiary/aromatic N) is 1. The van der Waals surface area contributed by atoms with Gasteiger partial charge in [0.25, 0.3) is 0 Å². The maximum Gasteiger partial charge on any atom is 0.243 e. The third kappa shape index (κ3) is 4.62. The summed E-state index contributed by atoms with van der Waals surface area (Å²) in [6, 6.07) is 4.87. The van der Waals surface area contributed by atoms with E-state index in [1.54, 1.807) is 0 Å². The first-order valence-corrected chi connectivity index (χ1v) is 10.9. The monoisotopic (exact) mass is 382 g/mol. The van der Waals surface area contributed by atoms with E-state index in [0.29, 0.717) is 31.8 Å². The first-order valence-electron chi connectivity index (χ1n) is 9.50. The third-order valence-corrected chi connectivity index (χ3v) is 7.48. The molecule has 1 aliphatic heterocycles. The fourth-order valence-corrected chi connectivity index (χ4v) is 5.36. The summed E-state index contributed by atoms with van der Waals surface area (Å²) >= 11 is 0. The van der Waals surface area contributed by atoms with Crippen LogP contribution in [0.25, 0.3) is 0 Å². The highest BCUT2D eigenvalue weighted by Crippen LogP contribution is 2.25. The molecule has 1 aromatic carbocycles. The van der Waals surface area contributed by atoms with Crippen LogP contribution in [0.1, 0.15) is 44.9 Å².